The van der Waals surface area contributed by atoms with E-state index in [2.05, 4.69) is 20.8 Å². The summed E-state index contributed by atoms with van der Waals surface area (Å²) in [5, 5.41) is 14.1. The number of carbonyl (C=O) groups is 2. The zero-order valence-electron chi connectivity index (χ0n) is 14.4. The summed E-state index contributed by atoms with van der Waals surface area (Å²) in [6.45, 7) is 5.31. The molecule has 0 aliphatic carbocycles. The fraction of sp³-hybridized carbons (Fsp3) is 0.375. The highest BCUT2D eigenvalue weighted by atomic mass is 32.2. The van der Waals surface area contributed by atoms with Gasteiger partial charge in [-0.1, -0.05) is 35.2 Å². The van der Waals surface area contributed by atoms with Gasteiger partial charge in [0, 0.05) is 7.05 Å². The first-order valence-corrected chi connectivity index (χ1v) is 9.46. The summed E-state index contributed by atoms with van der Waals surface area (Å²) < 4.78 is 0.706. The molecule has 132 valence electrons. The molecule has 0 saturated heterocycles. The van der Waals surface area contributed by atoms with Gasteiger partial charge in [0.05, 0.1) is 16.6 Å². The van der Waals surface area contributed by atoms with Crippen LogP contribution in [0.3, 0.4) is 0 Å². The van der Waals surface area contributed by atoms with Gasteiger partial charge in [0.15, 0.2) is 4.34 Å². The summed E-state index contributed by atoms with van der Waals surface area (Å²) >= 11 is 2.73. The van der Waals surface area contributed by atoms with Crippen molar-refractivity contribution < 1.29 is 9.59 Å². The lowest BCUT2D eigenvalue weighted by atomic mass is 9.96. The predicted octanol–water partition coefficient (Wildman–Crippen LogP) is 2.82. The number of para-hydroxylation sites is 2. The third kappa shape index (κ3) is 3.21. The molecule has 0 bridgehead atoms. The minimum atomic E-state index is -0.975. The Morgan fingerprint density at radius 1 is 1.36 bits per heavy atom. The molecule has 1 aromatic carbocycles. The monoisotopic (exact) mass is 377 g/mol. The maximum absolute atomic E-state index is 13.2. The highest BCUT2D eigenvalue weighted by Gasteiger charge is 2.44. The van der Waals surface area contributed by atoms with Crippen molar-refractivity contribution in [2.75, 3.05) is 22.6 Å². The minimum absolute atomic E-state index is 0.140. The SMILES string of the molecule is CNc1nnc(S[C@H](C)C(=O)N2c3ccccc3NC(=O)C2(C)C)s1. The summed E-state index contributed by atoms with van der Waals surface area (Å²) in [4.78, 5) is 27.2. The first kappa shape index (κ1) is 17.7. The van der Waals surface area contributed by atoms with Crippen molar-refractivity contribution in [1.82, 2.24) is 10.2 Å². The average Bonchev–Trinajstić information content (AvgIpc) is 3.03. The maximum Gasteiger partial charge on any atom is 0.250 e. The average molecular weight is 377 g/mol. The van der Waals surface area contributed by atoms with E-state index in [1.54, 1.807) is 31.9 Å². The minimum Gasteiger partial charge on any atom is -0.363 e. The Bertz CT molecular complexity index is 820. The first-order chi connectivity index (χ1) is 11.8. The number of thioether (sulfide) groups is 1. The molecule has 7 nitrogen and oxygen atoms in total. The summed E-state index contributed by atoms with van der Waals surface area (Å²) in [6.07, 6.45) is 0. The van der Waals surface area contributed by atoms with Gasteiger partial charge >= 0.3 is 0 Å². The molecular formula is C16H19N5O2S2. The van der Waals surface area contributed by atoms with Crippen LogP contribution in [-0.2, 0) is 9.59 Å². The maximum atomic E-state index is 13.2. The molecule has 2 aromatic rings. The number of hydrogen-bond acceptors (Lipinski definition) is 7. The molecule has 1 atom stereocenters. The number of fused-ring (bicyclic) bond motifs is 1. The topological polar surface area (TPSA) is 87.2 Å². The van der Waals surface area contributed by atoms with Crippen LogP contribution < -0.4 is 15.5 Å². The molecule has 2 N–H and O–H groups in total. The van der Waals surface area contributed by atoms with Crippen molar-refractivity contribution in [3.63, 3.8) is 0 Å². The zero-order valence-corrected chi connectivity index (χ0v) is 16.0. The van der Waals surface area contributed by atoms with Crippen molar-refractivity contribution in [3.05, 3.63) is 24.3 Å². The van der Waals surface area contributed by atoms with Crippen LogP contribution in [0.5, 0.6) is 0 Å². The number of benzene rings is 1. The molecule has 0 radical (unpaired) electrons. The Labute approximate surface area is 154 Å². The van der Waals surface area contributed by atoms with E-state index >= 15 is 0 Å². The second-order valence-electron chi connectivity index (χ2n) is 6.09. The molecule has 3 rings (SSSR count). The van der Waals surface area contributed by atoms with E-state index in [1.165, 1.54) is 23.1 Å². The van der Waals surface area contributed by atoms with E-state index in [1.807, 2.05) is 25.1 Å². The molecule has 2 heterocycles. The van der Waals surface area contributed by atoms with Crippen molar-refractivity contribution in [1.29, 1.82) is 0 Å². The predicted molar refractivity (Wildman–Crippen MR) is 101 cm³/mol. The quantitative estimate of drug-likeness (QED) is 0.797. The van der Waals surface area contributed by atoms with Crippen LogP contribution in [0, 0.1) is 0 Å². The van der Waals surface area contributed by atoms with Crippen LogP contribution in [0.25, 0.3) is 0 Å². The molecule has 0 spiro atoms. The molecule has 2 amide bonds. The molecule has 1 aromatic heterocycles. The molecule has 0 fully saturated rings. The molecule has 25 heavy (non-hydrogen) atoms. The van der Waals surface area contributed by atoms with Crippen LogP contribution in [0.2, 0.25) is 0 Å². The normalized spacial score (nSPS) is 16.8. The van der Waals surface area contributed by atoms with Crippen molar-refractivity contribution in [3.8, 4) is 0 Å². The summed E-state index contributed by atoms with van der Waals surface area (Å²) in [5.74, 6) is -0.344. The third-order valence-corrected chi connectivity index (χ3v) is 6.09. The van der Waals surface area contributed by atoms with Gasteiger partial charge in [0.1, 0.15) is 5.54 Å². The smallest absolute Gasteiger partial charge is 0.250 e. The molecule has 1 aliphatic rings. The summed E-state index contributed by atoms with van der Waals surface area (Å²) in [6, 6.07) is 7.33. The lowest BCUT2D eigenvalue weighted by Crippen LogP contribution is -2.60. The van der Waals surface area contributed by atoms with Crippen molar-refractivity contribution >= 4 is 51.4 Å². The third-order valence-electron chi connectivity index (χ3n) is 3.97. The van der Waals surface area contributed by atoms with E-state index in [4.69, 9.17) is 0 Å². The number of amides is 2. The van der Waals surface area contributed by atoms with Crippen LogP contribution in [0.15, 0.2) is 28.6 Å². The second kappa shape index (κ2) is 6.64. The van der Waals surface area contributed by atoms with Crippen molar-refractivity contribution in [2.45, 2.75) is 35.9 Å². The van der Waals surface area contributed by atoms with Gasteiger partial charge in [-0.2, -0.15) is 0 Å². The highest BCUT2D eigenvalue weighted by molar-refractivity contribution is 8.02. The highest BCUT2D eigenvalue weighted by Crippen LogP contribution is 2.39. The van der Waals surface area contributed by atoms with Crippen LogP contribution in [0.1, 0.15) is 20.8 Å². The Balaban J connectivity index is 1.89. The first-order valence-electron chi connectivity index (χ1n) is 7.77. The molecular weight excluding hydrogens is 358 g/mol. The van der Waals surface area contributed by atoms with Gasteiger partial charge in [0.25, 0.3) is 0 Å². The summed E-state index contributed by atoms with van der Waals surface area (Å²) in [5.41, 5.74) is 0.376. The van der Waals surface area contributed by atoms with Crippen LogP contribution in [0.4, 0.5) is 16.5 Å². The lowest BCUT2D eigenvalue weighted by molar-refractivity contribution is -0.126. The van der Waals surface area contributed by atoms with E-state index < -0.39 is 10.8 Å². The lowest BCUT2D eigenvalue weighted by Gasteiger charge is -2.42. The van der Waals surface area contributed by atoms with E-state index in [0.29, 0.717) is 20.8 Å². The van der Waals surface area contributed by atoms with Gasteiger partial charge in [-0.25, -0.2) is 0 Å². The second-order valence-corrected chi connectivity index (χ2v) is 8.65. The molecule has 0 saturated carbocycles. The van der Waals surface area contributed by atoms with Crippen molar-refractivity contribution in [2.24, 2.45) is 0 Å². The molecule has 9 heteroatoms. The van der Waals surface area contributed by atoms with Gasteiger partial charge in [-0.05, 0) is 32.9 Å². The Morgan fingerprint density at radius 3 is 2.76 bits per heavy atom. The fourth-order valence-electron chi connectivity index (χ4n) is 2.59. The Hall–Kier alpha value is -2.13. The number of rotatable bonds is 4. The van der Waals surface area contributed by atoms with E-state index in [9.17, 15) is 9.59 Å². The zero-order chi connectivity index (χ0) is 18.2. The Kier molecular flexibility index (Phi) is 4.70. The number of hydrogen-bond donors (Lipinski definition) is 2. The fourth-order valence-corrected chi connectivity index (χ4v) is 4.48. The largest absolute Gasteiger partial charge is 0.363 e. The number of carbonyl (C=O) groups excluding carboxylic acids is 2. The van der Waals surface area contributed by atoms with Gasteiger partial charge in [-0.15, -0.1) is 10.2 Å². The van der Waals surface area contributed by atoms with E-state index in [-0.39, 0.29) is 11.8 Å². The Morgan fingerprint density at radius 2 is 2.08 bits per heavy atom. The van der Waals surface area contributed by atoms with E-state index in [0.717, 1.165) is 0 Å². The van der Waals surface area contributed by atoms with Gasteiger partial charge in [0.2, 0.25) is 16.9 Å². The van der Waals surface area contributed by atoms with Gasteiger partial charge in [-0.3, -0.25) is 14.5 Å². The standard InChI is InChI=1S/C16H19N5O2S2/c1-9(24-15-20-19-14(17-4)25-15)12(22)21-11-8-6-5-7-10(11)18-13(23)16(21,2)3/h5-9H,1-4H3,(H,17,19)(H,18,23)/t9-/m1/s1. The number of anilines is 3. The molecule has 1 aliphatic heterocycles. The number of nitrogens with one attached hydrogen (secondary N) is 2. The summed E-state index contributed by atoms with van der Waals surface area (Å²) in [7, 11) is 1.77. The van der Waals surface area contributed by atoms with Crippen LogP contribution in [-0.4, -0.2) is 39.8 Å². The number of nitrogens with zero attached hydrogens (tertiary/aromatic N) is 3. The van der Waals surface area contributed by atoms with Gasteiger partial charge < -0.3 is 10.6 Å². The molecule has 0 unspecified atom stereocenters. The van der Waals surface area contributed by atoms with Crippen LogP contribution >= 0.6 is 23.1 Å². The number of aromatic nitrogens is 2.